The normalized spacial score (nSPS) is 13.8. The van der Waals surface area contributed by atoms with Crippen LogP contribution in [0.4, 0.5) is 10.5 Å². The van der Waals surface area contributed by atoms with Crippen molar-refractivity contribution in [2.45, 2.75) is 19.8 Å². The van der Waals surface area contributed by atoms with Gasteiger partial charge in [0.25, 0.3) is 0 Å². The Balaban J connectivity index is 1.77. The lowest BCUT2D eigenvalue weighted by molar-refractivity contribution is 0.0698. The third-order valence-electron chi connectivity index (χ3n) is 3.24. The van der Waals surface area contributed by atoms with E-state index in [1.165, 1.54) is 18.9 Å². The quantitative estimate of drug-likeness (QED) is 0.673. The molecule has 1 aliphatic rings. The first-order valence-electron chi connectivity index (χ1n) is 7.03. The Labute approximate surface area is 123 Å². The van der Waals surface area contributed by atoms with Crippen LogP contribution in [0.3, 0.4) is 0 Å². The second kappa shape index (κ2) is 7.08. The minimum absolute atomic E-state index is 0.0788. The largest absolute Gasteiger partial charge is 0.478 e. The molecule has 0 aliphatic heterocycles. The number of nitrogens with one attached hydrogen (secondary N) is 2. The third kappa shape index (κ3) is 5.07. The van der Waals surface area contributed by atoms with E-state index in [1.54, 1.807) is 19.1 Å². The third-order valence-corrected chi connectivity index (χ3v) is 3.24. The van der Waals surface area contributed by atoms with Crippen LogP contribution in [0.5, 0.6) is 0 Å². The van der Waals surface area contributed by atoms with Crippen LogP contribution in [0.25, 0.3) is 0 Å². The average molecular weight is 292 g/mol. The molecule has 6 heteroatoms. The second-order valence-corrected chi connectivity index (χ2v) is 5.25. The van der Waals surface area contributed by atoms with Crippen molar-refractivity contribution >= 4 is 17.7 Å². The van der Waals surface area contributed by atoms with Gasteiger partial charge in [0.05, 0.1) is 17.9 Å². The summed E-state index contributed by atoms with van der Waals surface area (Å²) < 4.78 is 5.40. The van der Waals surface area contributed by atoms with Gasteiger partial charge in [0.15, 0.2) is 0 Å². The topological polar surface area (TPSA) is 87.7 Å². The molecular weight excluding hydrogens is 272 g/mol. The number of urea groups is 1. The highest BCUT2D eigenvalue weighted by atomic mass is 16.5. The minimum atomic E-state index is -1.07. The van der Waals surface area contributed by atoms with Gasteiger partial charge >= 0.3 is 12.0 Å². The van der Waals surface area contributed by atoms with E-state index in [0.29, 0.717) is 19.1 Å². The van der Waals surface area contributed by atoms with Crippen LogP contribution in [0, 0.1) is 12.8 Å². The van der Waals surface area contributed by atoms with Crippen LogP contribution >= 0.6 is 0 Å². The Bertz CT molecular complexity index is 526. The Morgan fingerprint density at radius 2 is 2.14 bits per heavy atom. The number of aryl methyl sites for hydroxylation is 1. The van der Waals surface area contributed by atoms with Gasteiger partial charge in [-0.05, 0) is 37.8 Å². The number of rotatable bonds is 7. The van der Waals surface area contributed by atoms with Crippen LogP contribution in [0.15, 0.2) is 18.2 Å². The first kappa shape index (κ1) is 15.3. The fraction of sp³-hybridized carbons (Fsp3) is 0.467. The maximum Gasteiger partial charge on any atom is 0.337 e. The Morgan fingerprint density at radius 3 is 2.81 bits per heavy atom. The number of ether oxygens (including phenoxy) is 1. The van der Waals surface area contributed by atoms with Gasteiger partial charge in [0, 0.05) is 13.2 Å². The van der Waals surface area contributed by atoms with E-state index >= 15 is 0 Å². The molecule has 21 heavy (non-hydrogen) atoms. The van der Waals surface area contributed by atoms with Crippen molar-refractivity contribution in [2.24, 2.45) is 5.92 Å². The molecule has 0 spiro atoms. The van der Waals surface area contributed by atoms with Crippen LogP contribution < -0.4 is 10.6 Å². The van der Waals surface area contributed by atoms with Gasteiger partial charge < -0.3 is 20.5 Å². The van der Waals surface area contributed by atoms with Crippen LogP contribution in [0.1, 0.15) is 28.8 Å². The number of carbonyl (C=O) groups is 2. The molecule has 0 heterocycles. The maximum atomic E-state index is 11.7. The number of hydrogen-bond donors (Lipinski definition) is 3. The van der Waals surface area contributed by atoms with E-state index in [0.717, 1.165) is 12.2 Å². The molecule has 6 nitrogen and oxygen atoms in total. The summed E-state index contributed by atoms with van der Waals surface area (Å²) in [6.07, 6.45) is 2.47. The minimum Gasteiger partial charge on any atom is -0.478 e. The first-order valence-corrected chi connectivity index (χ1v) is 7.03. The molecule has 1 aliphatic carbocycles. The Hall–Kier alpha value is -2.08. The standard InChI is InChI=1S/C15H20N2O4/c1-10-2-5-13(12(8-10)14(18)19)17-15(20)16-6-7-21-9-11-3-4-11/h2,5,8,11H,3-4,6-7,9H2,1H3,(H,18,19)(H2,16,17,20). The summed E-state index contributed by atoms with van der Waals surface area (Å²) >= 11 is 0. The lowest BCUT2D eigenvalue weighted by Gasteiger charge is -2.10. The van der Waals surface area contributed by atoms with Crippen molar-refractivity contribution in [1.29, 1.82) is 0 Å². The zero-order valence-corrected chi connectivity index (χ0v) is 12.0. The van der Waals surface area contributed by atoms with E-state index in [1.807, 2.05) is 0 Å². The fourth-order valence-corrected chi connectivity index (χ4v) is 1.88. The molecular formula is C15H20N2O4. The lowest BCUT2D eigenvalue weighted by atomic mass is 10.1. The summed E-state index contributed by atoms with van der Waals surface area (Å²) in [6.45, 7) is 3.41. The summed E-state index contributed by atoms with van der Waals surface area (Å²) in [5, 5.41) is 14.3. The number of benzene rings is 1. The molecule has 1 fully saturated rings. The molecule has 114 valence electrons. The molecule has 0 unspecified atom stereocenters. The zero-order valence-electron chi connectivity index (χ0n) is 12.0. The van der Waals surface area contributed by atoms with Gasteiger partial charge in [0.2, 0.25) is 0 Å². The molecule has 0 saturated heterocycles. The van der Waals surface area contributed by atoms with Gasteiger partial charge in [-0.25, -0.2) is 9.59 Å². The van der Waals surface area contributed by atoms with Crippen molar-refractivity contribution in [1.82, 2.24) is 5.32 Å². The molecule has 3 N–H and O–H groups in total. The monoisotopic (exact) mass is 292 g/mol. The average Bonchev–Trinajstić information content (AvgIpc) is 3.24. The van der Waals surface area contributed by atoms with E-state index in [-0.39, 0.29) is 11.3 Å². The van der Waals surface area contributed by atoms with Gasteiger partial charge in [-0.1, -0.05) is 11.6 Å². The predicted molar refractivity (Wildman–Crippen MR) is 78.7 cm³/mol. The molecule has 0 atom stereocenters. The molecule has 0 bridgehead atoms. The number of carboxylic acid groups (broad SMARTS) is 1. The van der Waals surface area contributed by atoms with Crippen molar-refractivity contribution in [3.8, 4) is 0 Å². The molecule has 2 amide bonds. The number of hydrogen-bond acceptors (Lipinski definition) is 3. The molecule has 1 aromatic carbocycles. The van der Waals surface area contributed by atoms with E-state index in [2.05, 4.69) is 10.6 Å². The number of carboxylic acids is 1. The van der Waals surface area contributed by atoms with E-state index in [4.69, 9.17) is 9.84 Å². The van der Waals surface area contributed by atoms with Crippen molar-refractivity contribution in [2.75, 3.05) is 25.1 Å². The van der Waals surface area contributed by atoms with E-state index < -0.39 is 12.0 Å². The molecule has 2 rings (SSSR count). The molecule has 1 aromatic rings. The fourth-order valence-electron chi connectivity index (χ4n) is 1.88. The summed E-state index contributed by atoms with van der Waals surface area (Å²) in [5.41, 5.74) is 1.19. The highest BCUT2D eigenvalue weighted by Crippen LogP contribution is 2.28. The van der Waals surface area contributed by atoms with Gasteiger partial charge in [-0.3, -0.25) is 0 Å². The highest BCUT2D eigenvalue weighted by Gasteiger charge is 2.20. The van der Waals surface area contributed by atoms with Crippen LogP contribution in [0.2, 0.25) is 0 Å². The molecule has 0 aromatic heterocycles. The van der Waals surface area contributed by atoms with Crippen molar-refractivity contribution in [3.63, 3.8) is 0 Å². The summed E-state index contributed by atoms with van der Waals surface area (Å²) in [4.78, 5) is 22.8. The SMILES string of the molecule is Cc1ccc(NC(=O)NCCOCC2CC2)c(C(=O)O)c1. The van der Waals surface area contributed by atoms with Crippen molar-refractivity contribution in [3.05, 3.63) is 29.3 Å². The maximum absolute atomic E-state index is 11.7. The van der Waals surface area contributed by atoms with Crippen molar-refractivity contribution < 1.29 is 19.4 Å². The summed E-state index contributed by atoms with van der Waals surface area (Å²) in [7, 11) is 0. The van der Waals surface area contributed by atoms with E-state index in [9.17, 15) is 9.59 Å². The summed E-state index contributed by atoms with van der Waals surface area (Å²) in [6, 6.07) is 4.43. The van der Waals surface area contributed by atoms with Crippen LogP contribution in [-0.4, -0.2) is 36.9 Å². The molecule has 1 saturated carbocycles. The second-order valence-electron chi connectivity index (χ2n) is 5.25. The molecule has 0 radical (unpaired) electrons. The number of amides is 2. The van der Waals surface area contributed by atoms with Gasteiger partial charge in [-0.15, -0.1) is 0 Å². The number of anilines is 1. The van der Waals surface area contributed by atoms with Gasteiger partial charge in [-0.2, -0.15) is 0 Å². The number of carbonyl (C=O) groups excluding carboxylic acids is 1. The summed E-state index contributed by atoms with van der Waals surface area (Å²) in [5.74, 6) is -0.369. The highest BCUT2D eigenvalue weighted by molar-refractivity contribution is 6.00. The first-order chi connectivity index (χ1) is 10.1. The predicted octanol–water partition coefficient (Wildman–Crippen LogP) is 2.24. The number of aromatic carboxylic acids is 1. The Morgan fingerprint density at radius 1 is 1.38 bits per heavy atom. The zero-order chi connectivity index (χ0) is 15.2. The lowest BCUT2D eigenvalue weighted by Crippen LogP contribution is -2.32. The Kier molecular flexibility index (Phi) is 5.16. The van der Waals surface area contributed by atoms with Crippen LogP contribution in [-0.2, 0) is 4.74 Å². The van der Waals surface area contributed by atoms with Gasteiger partial charge in [0.1, 0.15) is 0 Å². The smallest absolute Gasteiger partial charge is 0.337 e.